The first-order valence-corrected chi connectivity index (χ1v) is 7.95. The Morgan fingerprint density at radius 2 is 2.00 bits per heavy atom. The van der Waals surface area contributed by atoms with Crippen LogP contribution in [0.3, 0.4) is 0 Å². The summed E-state index contributed by atoms with van der Waals surface area (Å²) in [6.07, 6.45) is 1.71. The van der Waals surface area contributed by atoms with Crippen LogP contribution in [0.1, 0.15) is 12.0 Å². The molecule has 0 unspecified atom stereocenters. The Morgan fingerprint density at radius 1 is 1.21 bits per heavy atom. The van der Waals surface area contributed by atoms with Crippen LogP contribution in [0.2, 0.25) is 5.02 Å². The predicted molar refractivity (Wildman–Crippen MR) is 94.1 cm³/mol. The first kappa shape index (κ1) is 16.2. The number of carbonyl (C=O) groups excluding carboxylic acids is 2. The summed E-state index contributed by atoms with van der Waals surface area (Å²) in [5.41, 5.74) is 4.09. The second-order valence-corrected chi connectivity index (χ2v) is 5.97. The first-order chi connectivity index (χ1) is 11.6. The van der Waals surface area contributed by atoms with Gasteiger partial charge >= 0.3 is 0 Å². The Morgan fingerprint density at radius 3 is 2.75 bits per heavy atom. The molecule has 1 atom stereocenters. The smallest absolute Gasteiger partial charge is 0.245 e. The highest BCUT2D eigenvalue weighted by Crippen LogP contribution is 2.24. The monoisotopic (exact) mass is 341 g/mol. The molecule has 24 heavy (non-hydrogen) atoms. The molecule has 0 radical (unpaired) electrons. The van der Waals surface area contributed by atoms with Crippen LogP contribution in [0.4, 0.5) is 5.69 Å². The summed E-state index contributed by atoms with van der Waals surface area (Å²) in [6, 6.07) is 16.5. The van der Waals surface area contributed by atoms with E-state index < -0.39 is 5.92 Å². The molecule has 0 spiro atoms. The van der Waals surface area contributed by atoms with Gasteiger partial charge in [0.1, 0.15) is 0 Å². The Kier molecular flexibility index (Phi) is 4.91. The van der Waals surface area contributed by atoms with Crippen molar-refractivity contribution in [3.8, 4) is 0 Å². The van der Waals surface area contributed by atoms with Gasteiger partial charge in [-0.2, -0.15) is 5.10 Å². The summed E-state index contributed by atoms with van der Waals surface area (Å²) < 4.78 is 0. The van der Waals surface area contributed by atoms with E-state index in [0.717, 1.165) is 11.3 Å². The van der Waals surface area contributed by atoms with Crippen LogP contribution < -0.4 is 10.3 Å². The van der Waals surface area contributed by atoms with Crippen LogP contribution in [-0.4, -0.2) is 24.6 Å². The van der Waals surface area contributed by atoms with Crippen molar-refractivity contribution < 1.29 is 9.59 Å². The van der Waals surface area contributed by atoms with Gasteiger partial charge in [-0.3, -0.25) is 9.59 Å². The van der Waals surface area contributed by atoms with Gasteiger partial charge in [-0.05, 0) is 29.8 Å². The minimum Gasteiger partial charge on any atom is -0.312 e. The zero-order valence-electron chi connectivity index (χ0n) is 12.9. The van der Waals surface area contributed by atoms with E-state index in [1.54, 1.807) is 23.1 Å². The summed E-state index contributed by atoms with van der Waals surface area (Å²) in [6.45, 7) is 0.362. The molecule has 0 bridgehead atoms. The van der Waals surface area contributed by atoms with Gasteiger partial charge in [-0.1, -0.05) is 41.9 Å². The topological polar surface area (TPSA) is 61.8 Å². The fourth-order valence-corrected chi connectivity index (χ4v) is 2.79. The average Bonchev–Trinajstić information content (AvgIpc) is 2.98. The minimum absolute atomic E-state index is 0.0554. The lowest BCUT2D eigenvalue weighted by Gasteiger charge is -2.16. The van der Waals surface area contributed by atoms with E-state index in [1.807, 2.05) is 36.4 Å². The molecule has 5 nitrogen and oxygen atoms in total. The number of carbonyl (C=O) groups is 2. The van der Waals surface area contributed by atoms with Crippen LogP contribution >= 0.6 is 11.6 Å². The summed E-state index contributed by atoms with van der Waals surface area (Å²) >= 11 is 5.89. The number of hydrogen-bond donors (Lipinski definition) is 1. The fourth-order valence-electron chi connectivity index (χ4n) is 2.59. The van der Waals surface area contributed by atoms with Crippen molar-refractivity contribution in [2.45, 2.75) is 6.42 Å². The number of hydrogen-bond acceptors (Lipinski definition) is 3. The van der Waals surface area contributed by atoms with E-state index in [9.17, 15) is 9.59 Å². The maximum absolute atomic E-state index is 12.2. The lowest BCUT2D eigenvalue weighted by atomic mass is 10.1. The predicted octanol–water partition coefficient (Wildman–Crippen LogP) is 2.84. The molecule has 2 amide bonds. The Bertz CT molecular complexity index is 777. The van der Waals surface area contributed by atoms with E-state index in [0.29, 0.717) is 11.6 Å². The SMILES string of the molecule is O=C(N/N=C\c1cccc(Cl)c1)[C@@H]1CC(=O)N(c2ccccc2)C1. The lowest BCUT2D eigenvalue weighted by Crippen LogP contribution is -2.30. The molecule has 1 aliphatic rings. The average molecular weight is 342 g/mol. The standard InChI is InChI=1S/C18H16ClN3O2/c19-15-6-4-5-13(9-15)11-20-21-18(24)14-10-17(23)22(12-14)16-7-2-1-3-8-16/h1-9,11,14H,10,12H2,(H,21,24)/b20-11-/t14-/m1/s1. The van der Waals surface area contributed by atoms with Gasteiger partial charge in [0.25, 0.3) is 0 Å². The number of hydrazone groups is 1. The van der Waals surface area contributed by atoms with Crippen LogP contribution in [-0.2, 0) is 9.59 Å². The van der Waals surface area contributed by atoms with Crippen LogP contribution in [0.25, 0.3) is 0 Å². The Labute approximate surface area is 144 Å². The quantitative estimate of drug-likeness (QED) is 0.686. The third kappa shape index (κ3) is 3.81. The molecule has 1 heterocycles. The van der Waals surface area contributed by atoms with Gasteiger partial charge in [-0.25, -0.2) is 5.43 Å². The number of nitrogens with one attached hydrogen (secondary N) is 1. The summed E-state index contributed by atoms with van der Waals surface area (Å²) in [5.74, 6) is -0.727. The van der Waals surface area contributed by atoms with Gasteiger partial charge in [-0.15, -0.1) is 0 Å². The van der Waals surface area contributed by atoms with Gasteiger partial charge in [0.05, 0.1) is 12.1 Å². The number of benzene rings is 2. The van der Waals surface area contributed by atoms with Crippen molar-refractivity contribution in [3.63, 3.8) is 0 Å². The second-order valence-electron chi connectivity index (χ2n) is 5.53. The number of para-hydroxylation sites is 1. The maximum Gasteiger partial charge on any atom is 0.245 e. The molecule has 122 valence electrons. The van der Waals surface area contributed by atoms with Crippen molar-refractivity contribution in [3.05, 3.63) is 65.2 Å². The molecule has 0 aliphatic carbocycles. The Hall–Kier alpha value is -2.66. The van der Waals surface area contributed by atoms with E-state index in [1.165, 1.54) is 6.21 Å². The molecule has 1 N–H and O–H groups in total. The van der Waals surface area contributed by atoms with Crippen LogP contribution in [0.5, 0.6) is 0 Å². The van der Waals surface area contributed by atoms with E-state index in [-0.39, 0.29) is 18.2 Å². The molecule has 2 aromatic rings. The molecule has 3 rings (SSSR count). The number of anilines is 1. The van der Waals surface area contributed by atoms with Crippen molar-refractivity contribution in [2.24, 2.45) is 11.0 Å². The summed E-state index contributed by atoms with van der Waals surface area (Å²) in [5, 5.41) is 4.54. The fraction of sp³-hybridized carbons (Fsp3) is 0.167. The van der Waals surface area contributed by atoms with E-state index >= 15 is 0 Å². The zero-order chi connectivity index (χ0) is 16.9. The Balaban J connectivity index is 1.59. The molecule has 1 saturated heterocycles. The number of halogens is 1. The highest BCUT2D eigenvalue weighted by Gasteiger charge is 2.34. The number of nitrogens with zero attached hydrogens (tertiary/aromatic N) is 2. The van der Waals surface area contributed by atoms with Crippen molar-refractivity contribution in [1.82, 2.24) is 5.43 Å². The highest BCUT2D eigenvalue weighted by molar-refractivity contribution is 6.30. The molecule has 6 heteroatoms. The lowest BCUT2D eigenvalue weighted by molar-refractivity contribution is -0.126. The normalized spacial score (nSPS) is 17.5. The van der Waals surface area contributed by atoms with Gasteiger partial charge in [0.15, 0.2) is 0 Å². The molecule has 1 aliphatic heterocycles. The van der Waals surface area contributed by atoms with Crippen molar-refractivity contribution in [1.29, 1.82) is 0 Å². The van der Waals surface area contributed by atoms with Crippen LogP contribution in [0.15, 0.2) is 59.7 Å². The van der Waals surface area contributed by atoms with Crippen molar-refractivity contribution >= 4 is 35.3 Å². The van der Waals surface area contributed by atoms with Crippen LogP contribution in [0, 0.1) is 5.92 Å². The molecule has 2 aromatic carbocycles. The summed E-state index contributed by atoms with van der Waals surface area (Å²) in [4.78, 5) is 25.9. The third-order valence-corrected chi connectivity index (χ3v) is 4.04. The zero-order valence-corrected chi connectivity index (χ0v) is 13.6. The molecule has 0 aromatic heterocycles. The first-order valence-electron chi connectivity index (χ1n) is 7.57. The highest BCUT2D eigenvalue weighted by atomic mass is 35.5. The van der Waals surface area contributed by atoms with Crippen molar-refractivity contribution in [2.75, 3.05) is 11.4 Å². The van der Waals surface area contributed by atoms with Gasteiger partial charge in [0.2, 0.25) is 11.8 Å². The number of rotatable bonds is 4. The molecular formula is C18H16ClN3O2. The largest absolute Gasteiger partial charge is 0.312 e. The second kappa shape index (κ2) is 7.27. The minimum atomic E-state index is -0.408. The third-order valence-electron chi connectivity index (χ3n) is 3.80. The molecule has 0 saturated carbocycles. The number of amides is 2. The molecular weight excluding hydrogens is 326 g/mol. The molecule has 1 fully saturated rings. The van der Waals surface area contributed by atoms with E-state index in [4.69, 9.17) is 11.6 Å². The maximum atomic E-state index is 12.2. The van der Waals surface area contributed by atoms with Gasteiger partial charge < -0.3 is 4.90 Å². The van der Waals surface area contributed by atoms with Gasteiger partial charge in [0, 0.05) is 23.7 Å². The van der Waals surface area contributed by atoms with E-state index in [2.05, 4.69) is 10.5 Å². The summed E-state index contributed by atoms with van der Waals surface area (Å²) in [7, 11) is 0.